The van der Waals surface area contributed by atoms with Crippen molar-refractivity contribution in [3.63, 3.8) is 0 Å². The van der Waals surface area contributed by atoms with Crippen LogP contribution in [0.3, 0.4) is 0 Å². The van der Waals surface area contributed by atoms with E-state index < -0.39 is 0 Å². The highest BCUT2D eigenvalue weighted by molar-refractivity contribution is 6.20. The molecule has 1 aliphatic heterocycles. The fourth-order valence-corrected chi connectivity index (χ4v) is 2.67. The van der Waals surface area contributed by atoms with Crippen LogP contribution >= 0.6 is 11.6 Å². The first-order valence-electron chi connectivity index (χ1n) is 6.07. The lowest BCUT2D eigenvalue weighted by Gasteiger charge is -2.29. The van der Waals surface area contributed by atoms with E-state index in [0.29, 0.717) is 5.38 Å². The maximum atomic E-state index is 6.11. The SMILES string of the molecule is Cc1cc(C)cc(CN2CCC(Cl)CC2)c1. The van der Waals surface area contributed by atoms with E-state index in [9.17, 15) is 0 Å². The Balaban J connectivity index is 1.98. The molecule has 0 spiro atoms. The molecule has 1 aromatic rings. The number of likely N-dealkylation sites (tertiary alicyclic amines) is 1. The van der Waals surface area contributed by atoms with Crippen molar-refractivity contribution in [1.82, 2.24) is 4.90 Å². The molecule has 1 heterocycles. The van der Waals surface area contributed by atoms with Gasteiger partial charge in [0.25, 0.3) is 0 Å². The fraction of sp³-hybridized carbons (Fsp3) is 0.571. The van der Waals surface area contributed by atoms with E-state index in [-0.39, 0.29) is 0 Å². The zero-order valence-corrected chi connectivity index (χ0v) is 10.9. The molecule has 1 nitrogen and oxygen atoms in total. The number of benzene rings is 1. The van der Waals surface area contributed by atoms with Crippen LogP contribution in [0, 0.1) is 13.8 Å². The lowest BCUT2D eigenvalue weighted by molar-refractivity contribution is 0.223. The standard InChI is InChI=1S/C14H20ClN/c1-11-7-12(2)9-13(8-11)10-16-5-3-14(15)4-6-16/h7-9,14H,3-6,10H2,1-2H3. The molecule has 0 aliphatic carbocycles. The van der Waals surface area contributed by atoms with Gasteiger partial charge in [0, 0.05) is 11.9 Å². The van der Waals surface area contributed by atoms with Gasteiger partial charge < -0.3 is 0 Å². The van der Waals surface area contributed by atoms with Gasteiger partial charge in [-0.05, 0) is 45.3 Å². The minimum atomic E-state index is 0.399. The maximum Gasteiger partial charge on any atom is 0.0360 e. The van der Waals surface area contributed by atoms with Gasteiger partial charge in [0.05, 0.1) is 0 Å². The minimum Gasteiger partial charge on any atom is -0.299 e. The number of halogens is 1. The van der Waals surface area contributed by atoms with Crippen molar-refractivity contribution in [3.05, 3.63) is 34.9 Å². The van der Waals surface area contributed by atoms with E-state index in [4.69, 9.17) is 11.6 Å². The normalized spacial score (nSPS) is 18.9. The lowest BCUT2D eigenvalue weighted by Crippen LogP contribution is -2.33. The first-order valence-corrected chi connectivity index (χ1v) is 6.51. The molecular weight excluding hydrogens is 218 g/mol. The van der Waals surface area contributed by atoms with Gasteiger partial charge in [0.1, 0.15) is 0 Å². The van der Waals surface area contributed by atoms with Crippen molar-refractivity contribution in [1.29, 1.82) is 0 Å². The smallest absolute Gasteiger partial charge is 0.0360 e. The average molecular weight is 238 g/mol. The van der Waals surface area contributed by atoms with E-state index in [0.717, 1.165) is 32.5 Å². The van der Waals surface area contributed by atoms with Gasteiger partial charge in [-0.3, -0.25) is 4.90 Å². The third kappa shape index (κ3) is 3.23. The molecule has 1 fully saturated rings. The Morgan fingerprint density at radius 3 is 2.25 bits per heavy atom. The molecule has 1 aromatic carbocycles. The number of hydrogen-bond acceptors (Lipinski definition) is 1. The van der Waals surface area contributed by atoms with Crippen molar-refractivity contribution in [2.45, 2.75) is 38.6 Å². The van der Waals surface area contributed by atoms with Crippen LogP contribution in [0.2, 0.25) is 0 Å². The molecule has 0 unspecified atom stereocenters. The van der Waals surface area contributed by atoms with Crippen LogP contribution in [0.25, 0.3) is 0 Å². The number of rotatable bonds is 2. The second-order valence-electron chi connectivity index (χ2n) is 4.95. The topological polar surface area (TPSA) is 3.24 Å². The number of piperidine rings is 1. The molecule has 2 rings (SSSR count). The predicted octanol–water partition coefficient (Wildman–Crippen LogP) is 3.51. The largest absolute Gasteiger partial charge is 0.299 e. The number of alkyl halides is 1. The van der Waals surface area contributed by atoms with Crippen molar-refractivity contribution in [2.24, 2.45) is 0 Å². The van der Waals surface area contributed by atoms with Gasteiger partial charge in [0.2, 0.25) is 0 Å². The maximum absolute atomic E-state index is 6.11. The van der Waals surface area contributed by atoms with Crippen LogP contribution in [0.15, 0.2) is 18.2 Å². The number of nitrogens with zero attached hydrogens (tertiary/aromatic N) is 1. The predicted molar refractivity (Wildman–Crippen MR) is 70.1 cm³/mol. The highest BCUT2D eigenvalue weighted by Crippen LogP contribution is 2.18. The molecule has 0 radical (unpaired) electrons. The summed E-state index contributed by atoms with van der Waals surface area (Å²) in [4.78, 5) is 2.51. The van der Waals surface area contributed by atoms with Gasteiger partial charge in [-0.15, -0.1) is 11.6 Å². The molecule has 0 atom stereocenters. The third-order valence-corrected chi connectivity index (χ3v) is 3.64. The summed E-state index contributed by atoms with van der Waals surface area (Å²) in [5.41, 5.74) is 4.16. The van der Waals surface area contributed by atoms with E-state index in [1.807, 2.05) is 0 Å². The second-order valence-corrected chi connectivity index (χ2v) is 5.56. The van der Waals surface area contributed by atoms with Crippen LogP contribution in [0.1, 0.15) is 29.5 Å². The van der Waals surface area contributed by atoms with Crippen molar-refractivity contribution in [2.75, 3.05) is 13.1 Å². The van der Waals surface area contributed by atoms with E-state index >= 15 is 0 Å². The molecule has 0 N–H and O–H groups in total. The second kappa shape index (κ2) is 5.20. The Morgan fingerprint density at radius 1 is 1.12 bits per heavy atom. The van der Waals surface area contributed by atoms with E-state index in [1.54, 1.807) is 0 Å². The zero-order valence-electron chi connectivity index (χ0n) is 10.2. The highest BCUT2D eigenvalue weighted by atomic mass is 35.5. The summed E-state index contributed by atoms with van der Waals surface area (Å²) in [6.45, 7) is 7.69. The minimum absolute atomic E-state index is 0.399. The molecule has 0 saturated carbocycles. The molecule has 0 amide bonds. The molecule has 0 aromatic heterocycles. The Labute approximate surface area is 103 Å². The molecule has 1 saturated heterocycles. The van der Waals surface area contributed by atoms with Gasteiger partial charge in [0.15, 0.2) is 0 Å². The summed E-state index contributed by atoms with van der Waals surface area (Å²) in [6, 6.07) is 6.81. The van der Waals surface area contributed by atoms with E-state index in [1.165, 1.54) is 16.7 Å². The fourth-order valence-electron chi connectivity index (χ4n) is 2.48. The van der Waals surface area contributed by atoms with Gasteiger partial charge in [-0.1, -0.05) is 29.3 Å². The summed E-state index contributed by atoms with van der Waals surface area (Å²) in [5, 5.41) is 0.399. The van der Waals surface area contributed by atoms with Gasteiger partial charge in [-0.25, -0.2) is 0 Å². The summed E-state index contributed by atoms with van der Waals surface area (Å²) < 4.78 is 0. The van der Waals surface area contributed by atoms with Crippen LogP contribution in [0.4, 0.5) is 0 Å². The Kier molecular flexibility index (Phi) is 3.88. The van der Waals surface area contributed by atoms with Crippen LogP contribution in [0.5, 0.6) is 0 Å². The lowest BCUT2D eigenvalue weighted by atomic mass is 10.1. The van der Waals surface area contributed by atoms with Crippen molar-refractivity contribution in [3.8, 4) is 0 Å². The average Bonchev–Trinajstić information content (AvgIpc) is 2.20. The first kappa shape index (κ1) is 11.9. The van der Waals surface area contributed by atoms with Crippen LogP contribution < -0.4 is 0 Å². The number of hydrogen-bond donors (Lipinski definition) is 0. The third-order valence-electron chi connectivity index (χ3n) is 3.20. The van der Waals surface area contributed by atoms with Crippen molar-refractivity contribution >= 4 is 11.6 Å². The Bertz CT molecular complexity index is 334. The summed E-state index contributed by atoms with van der Waals surface area (Å²) in [6.07, 6.45) is 2.26. The van der Waals surface area contributed by atoms with Crippen LogP contribution in [-0.4, -0.2) is 23.4 Å². The molecule has 1 aliphatic rings. The quantitative estimate of drug-likeness (QED) is 0.712. The monoisotopic (exact) mass is 237 g/mol. The summed E-state index contributed by atoms with van der Waals surface area (Å²) >= 11 is 6.11. The Hall–Kier alpha value is -0.530. The molecule has 16 heavy (non-hydrogen) atoms. The molecular formula is C14H20ClN. The molecule has 2 heteroatoms. The number of aryl methyl sites for hydroxylation is 2. The van der Waals surface area contributed by atoms with Gasteiger partial charge in [-0.2, -0.15) is 0 Å². The summed E-state index contributed by atoms with van der Waals surface area (Å²) in [5.74, 6) is 0. The molecule has 0 bridgehead atoms. The Morgan fingerprint density at radius 2 is 1.69 bits per heavy atom. The summed E-state index contributed by atoms with van der Waals surface area (Å²) in [7, 11) is 0. The van der Waals surface area contributed by atoms with Crippen molar-refractivity contribution < 1.29 is 0 Å². The first-order chi connectivity index (χ1) is 7.63. The molecule has 88 valence electrons. The highest BCUT2D eigenvalue weighted by Gasteiger charge is 2.16. The van der Waals surface area contributed by atoms with Gasteiger partial charge >= 0.3 is 0 Å². The zero-order chi connectivity index (χ0) is 11.5. The van der Waals surface area contributed by atoms with E-state index in [2.05, 4.69) is 36.9 Å². The van der Waals surface area contributed by atoms with Crippen LogP contribution in [-0.2, 0) is 6.54 Å².